The summed E-state index contributed by atoms with van der Waals surface area (Å²) in [7, 11) is 0. The van der Waals surface area contributed by atoms with E-state index < -0.39 is 6.10 Å². The number of likely N-dealkylation sites (N-methyl/N-ethyl adjacent to an activating group) is 1. The molecule has 0 saturated heterocycles. The van der Waals surface area contributed by atoms with Crippen molar-refractivity contribution in [3.63, 3.8) is 0 Å². The van der Waals surface area contributed by atoms with E-state index in [-0.39, 0.29) is 17.8 Å². The summed E-state index contributed by atoms with van der Waals surface area (Å²) < 4.78 is 19.0. The highest BCUT2D eigenvalue weighted by Crippen LogP contribution is 2.21. The Balaban J connectivity index is 2.80. The number of hydrogen-bond acceptors (Lipinski definition) is 3. The highest BCUT2D eigenvalue weighted by molar-refractivity contribution is 5.80. The van der Waals surface area contributed by atoms with E-state index >= 15 is 0 Å². The summed E-state index contributed by atoms with van der Waals surface area (Å²) >= 11 is 0. The first-order chi connectivity index (χ1) is 9.43. The summed E-state index contributed by atoms with van der Waals surface area (Å²) in [6, 6.07) is 4.60. The summed E-state index contributed by atoms with van der Waals surface area (Å²) in [5.41, 5.74) is 0.704. The van der Waals surface area contributed by atoms with E-state index in [9.17, 15) is 9.18 Å². The summed E-state index contributed by atoms with van der Waals surface area (Å²) in [6.45, 7) is 8.59. The van der Waals surface area contributed by atoms with Crippen molar-refractivity contribution in [1.82, 2.24) is 10.6 Å². The number of carbonyl (C=O) groups is 1. The lowest BCUT2D eigenvalue weighted by atomic mass is 10.2. The molecular weight excluding hydrogens is 259 g/mol. The molecule has 5 heteroatoms. The zero-order valence-corrected chi connectivity index (χ0v) is 12.5. The van der Waals surface area contributed by atoms with E-state index in [1.54, 1.807) is 13.0 Å². The molecule has 20 heavy (non-hydrogen) atoms. The first-order valence-corrected chi connectivity index (χ1v) is 6.90. The molecule has 0 fully saturated rings. The van der Waals surface area contributed by atoms with E-state index in [0.29, 0.717) is 24.4 Å². The second kappa shape index (κ2) is 7.85. The van der Waals surface area contributed by atoms with Gasteiger partial charge in [0.15, 0.2) is 6.10 Å². The van der Waals surface area contributed by atoms with E-state index in [2.05, 4.69) is 10.6 Å². The maximum atomic E-state index is 13.3. The fourth-order valence-electron chi connectivity index (χ4n) is 1.68. The van der Waals surface area contributed by atoms with Crippen molar-refractivity contribution in [1.29, 1.82) is 0 Å². The lowest BCUT2D eigenvalue weighted by molar-refractivity contribution is -0.127. The van der Waals surface area contributed by atoms with Gasteiger partial charge >= 0.3 is 0 Å². The first kappa shape index (κ1) is 16.4. The Bertz CT molecular complexity index is 449. The molecule has 0 saturated carbocycles. The number of halogens is 1. The maximum Gasteiger partial charge on any atom is 0.260 e. The molecule has 1 atom stereocenters. The Morgan fingerprint density at radius 3 is 2.65 bits per heavy atom. The van der Waals surface area contributed by atoms with Gasteiger partial charge < -0.3 is 15.4 Å². The van der Waals surface area contributed by atoms with Crippen molar-refractivity contribution in [2.24, 2.45) is 0 Å². The highest BCUT2D eigenvalue weighted by Gasteiger charge is 2.16. The van der Waals surface area contributed by atoms with Gasteiger partial charge in [0.25, 0.3) is 5.91 Å². The van der Waals surface area contributed by atoms with Crippen LogP contribution < -0.4 is 15.4 Å². The number of benzene rings is 1. The summed E-state index contributed by atoms with van der Waals surface area (Å²) in [5.74, 6) is 0.0291. The van der Waals surface area contributed by atoms with Gasteiger partial charge in [0.2, 0.25) is 0 Å². The summed E-state index contributed by atoms with van der Waals surface area (Å²) in [5, 5.41) is 5.90. The van der Waals surface area contributed by atoms with Crippen molar-refractivity contribution in [3.8, 4) is 5.75 Å². The third kappa shape index (κ3) is 5.17. The maximum absolute atomic E-state index is 13.3. The number of hydrogen-bond donors (Lipinski definition) is 2. The van der Waals surface area contributed by atoms with Crippen LogP contribution in [0.5, 0.6) is 5.75 Å². The molecule has 0 aromatic heterocycles. The van der Waals surface area contributed by atoms with Gasteiger partial charge in [0.05, 0.1) is 0 Å². The van der Waals surface area contributed by atoms with Crippen molar-refractivity contribution in [2.45, 2.75) is 46.4 Å². The molecular formula is C15H23FN2O2. The minimum absolute atomic E-state index is 0.181. The summed E-state index contributed by atoms with van der Waals surface area (Å²) in [6.07, 6.45) is -0.613. The van der Waals surface area contributed by atoms with Crippen molar-refractivity contribution >= 4 is 5.91 Å². The van der Waals surface area contributed by atoms with E-state index in [4.69, 9.17) is 4.74 Å². The van der Waals surface area contributed by atoms with Crippen LogP contribution in [-0.4, -0.2) is 24.6 Å². The zero-order valence-electron chi connectivity index (χ0n) is 12.5. The van der Waals surface area contributed by atoms with Gasteiger partial charge in [-0.2, -0.15) is 0 Å². The Labute approximate surface area is 119 Å². The van der Waals surface area contributed by atoms with Crippen LogP contribution in [-0.2, 0) is 11.3 Å². The molecule has 0 aliphatic carbocycles. The Hall–Kier alpha value is -1.62. The molecule has 1 amide bonds. The number of rotatable bonds is 7. The molecule has 0 spiro atoms. The number of ether oxygens (including phenoxy) is 1. The lowest BCUT2D eigenvalue weighted by Crippen LogP contribution is -2.36. The molecule has 4 nitrogen and oxygen atoms in total. The smallest absolute Gasteiger partial charge is 0.260 e. The average molecular weight is 282 g/mol. The number of amides is 1. The monoisotopic (exact) mass is 282 g/mol. The van der Waals surface area contributed by atoms with E-state index in [1.807, 2.05) is 20.8 Å². The second-order valence-corrected chi connectivity index (χ2v) is 4.94. The lowest BCUT2D eigenvalue weighted by Gasteiger charge is -2.18. The van der Waals surface area contributed by atoms with Crippen LogP contribution in [0.25, 0.3) is 0 Å². The molecule has 1 aromatic rings. The third-order valence-electron chi connectivity index (χ3n) is 2.75. The fraction of sp³-hybridized carbons (Fsp3) is 0.533. The predicted molar refractivity (Wildman–Crippen MR) is 77.1 cm³/mol. The molecule has 1 unspecified atom stereocenters. The minimum atomic E-state index is -0.613. The zero-order chi connectivity index (χ0) is 15.1. The van der Waals surface area contributed by atoms with Crippen LogP contribution in [0.4, 0.5) is 4.39 Å². The molecule has 1 aromatic carbocycles. The van der Waals surface area contributed by atoms with E-state index in [0.717, 1.165) is 0 Å². The molecule has 1 rings (SSSR count). The topological polar surface area (TPSA) is 50.4 Å². The second-order valence-electron chi connectivity index (χ2n) is 4.94. The van der Waals surface area contributed by atoms with Gasteiger partial charge in [-0.3, -0.25) is 4.79 Å². The van der Waals surface area contributed by atoms with Crippen LogP contribution in [0.3, 0.4) is 0 Å². The van der Waals surface area contributed by atoms with Gasteiger partial charge in [-0.1, -0.05) is 13.8 Å². The normalized spacial score (nSPS) is 12.3. The molecule has 112 valence electrons. The van der Waals surface area contributed by atoms with Crippen LogP contribution >= 0.6 is 0 Å². The Morgan fingerprint density at radius 2 is 2.05 bits per heavy atom. The largest absolute Gasteiger partial charge is 0.481 e. The molecule has 0 bridgehead atoms. The predicted octanol–water partition coefficient (Wildman–Crippen LogP) is 2.23. The Morgan fingerprint density at radius 1 is 1.35 bits per heavy atom. The molecule has 0 radical (unpaired) electrons. The van der Waals surface area contributed by atoms with Gasteiger partial charge in [-0.05, 0) is 32.0 Å². The number of carbonyl (C=O) groups excluding carboxylic acids is 1. The van der Waals surface area contributed by atoms with Gasteiger partial charge in [-0.25, -0.2) is 4.39 Å². The van der Waals surface area contributed by atoms with Crippen LogP contribution in [0.1, 0.15) is 33.3 Å². The number of nitrogens with one attached hydrogen (secondary N) is 2. The Kier molecular flexibility index (Phi) is 6.45. The van der Waals surface area contributed by atoms with Crippen LogP contribution in [0, 0.1) is 5.82 Å². The fourth-order valence-corrected chi connectivity index (χ4v) is 1.68. The first-order valence-electron chi connectivity index (χ1n) is 6.90. The van der Waals surface area contributed by atoms with Crippen molar-refractivity contribution < 1.29 is 13.9 Å². The van der Waals surface area contributed by atoms with Gasteiger partial charge in [-0.15, -0.1) is 0 Å². The molecule has 0 heterocycles. The van der Waals surface area contributed by atoms with Gasteiger partial charge in [0.1, 0.15) is 11.6 Å². The van der Waals surface area contributed by atoms with E-state index in [1.165, 1.54) is 12.1 Å². The molecule has 2 N–H and O–H groups in total. The van der Waals surface area contributed by atoms with Gasteiger partial charge in [0, 0.05) is 24.7 Å². The van der Waals surface area contributed by atoms with Crippen LogP contribution in [0.2, 0.25) is 0 Å². The minimum Gasteiger partial charge on any atom is -0.481 e. The van der Waals surface area contributed by atoms with Crippen LogP contribution in [0.15, 0.2) is 18.2 Å². The molecule has 0 aliphatic rings. The molecule has 0 aliphatic heterocycles. The average Bonchev–Trinajstić information content (AvgIpc) is 2.39. The SMILES string of the molecule is CCNC(=O)C(C)Oc1ccc(F)cc1CNC(C)C. The quantitative estimate of drug-likeness (QED) is 0.806. The standard InChI is InChI=1S/C15H23FN2O2/c1-5-17-15(19)11(4)20-14-7-6-13(16)8-12(14)9-18-10(2)3/h6-8,10-11,18H,5,9H2,1-4H3,(H,17,19). The summed E-state index contributed by atoms with van der Waals surface area (Å²) in [4.78, 5) is 11.7. The highest BCUT2D eigenvalue weighted by atomic mass is 19.1. The van der Waals surface area contributed by atoms with Crippen molar-refractivity contribution in [2.75, 3.05) is 6.54 Å². The third-order valence-corrected chi connectivity index (χ3v) is 2.75. The van der Waals surface area contributed by atoms with Crippen molar-refractivity contribution in [3.05, 3.63) is 29.6 Å².